The van der Waals surface area contributed by atoms with E-state index >= 15 is 8.78 Å². The first kappa shape index (κ1) is 26.6. The van der Waals surface area contributed by atoms with Crippen LogP contribution in [0.25, 0.3) is 11.1 Å². The van der Waals surface area contributed by atoms with Crippen LogP contribution in [0.5, 0.6) is 17.2 Å². The third-order valence-corrected chi connectivity index (χ3v) is 6.51. The van der Waals surface area contributed by atoms with Crippen molar-refractivity contribution in [3.05, 3.63) is 77.9 Å². The summed E-state index contributed by atoms with van der Waals surface area (Å²) >= 11 is 0. The van der Waals surface area contributed by atoms with Gasteiger partial charge in [0.15, 0.2) is 11.6 Å². The van der Waals surface area contributed by atoms with E-state index in [2.05, 4.69) is 11.7 Å². The number of hydrogen-bond acceptors (Lipinski definition) is 2. The van der Waals surface area contributed by atoms with E-state index in [1.165, 1.54) is 30.3 Å². The Morgan fingerprint density at radius 2 is 1.51 bits per heavy atom. The van der Waals surface area contributed by atoms with Gasteiger partial charge in [0.2, 0.25) is 0 Å². The Morgan fingerprint density at radius 3 is 2.11 bits per heavy atom. The van der Waals surface area contributed by atoms with Crippen LogP contribution in [-0.4, -0.2) is 6.61 Å². The summed E-state index contributed by atoms with van der Waals surface area (Å²) in [6, 6.07) is 15.7. The normalized spacial score (nSPS) is 17.7. The monoisotopic (exact) mass is 488 g/mol. The van der Waals surface area contributed by atoms with E-state index in [1.54, 1.807) is 24.3 Å². The number of ether oxygens (including phenoxy) is 2. The predicted octanol–water partition coefficient (Wildman–Crippen LogP) is 9.74. The fourth-order valence-electron chi connectivity index (χ4n) is 4.88. The molecule has 0 heterocycles. The first-order valence-electron chi connectivity index (χ1n) is 11.8. The molecular weight excluding hydrogens is 456 g/mol. The number of halogens is 4. The van der Waals surface area contributed by atoms with Gasteiger partial charge in [-0.2, -0.15) is 8.78 Å². The van der Waals surface area contributed by atoms with Gasteiger partial charge in [0.25, 0.3) is 0 Å². The minimum atomic E-state index is -2.94. The highest BCUT2D eigenvalue weighted by Gasteiger charge is 2.30. The van der Waals surface area contributed by atoms with Crippen molar-refractivity contribution in [3.8, 4) is 28.4 Å². The van der Waals surface area contributed by atoms with Gasteiger partial charge in [0.1, 0.15) is 17.3 Å². The van der Waals surface area contributed by atoms with Crippen molar-refractivity contribution in [2.75, 3.05) is 0 Å². The fraction of sp³-hybridized carbons (Fsp3) is 0.379. The van der Waals surface area contributed by atoms with E-state index < -0.39 is 18.2 Å². The van der Waals surface area contributed by atoms with Crippen molar-refractivity contribution in [2.24, 2.45) is 5.92 Å². The second-order valence-corrected chi connectivity index (χ2v) is 8.79. The van der Waals surface area contributed by atoms with E-state index in [1.807, 2.05) is 6.07 Å². The van der Waals surface area contributed by atoms with Gasteiger partial charge in [-0.3, -0.25) is 0 Å². The highest BCUT2D eigenvalue weighted by molar-refractivity contribution is 5.72. The maximum absolute atomic E-state index is 16.0. The first-order chi connectivity index (χ1) is 16.5. The summed E-state index contributed by atoms with van der Waals surface area (Å²) < 4.78 is 66.5. The van der Waals surface area contributed by atoms with Gasteiger partial charge in [0, 0.05) is 11.1 Å². The number of hydrogen-bond donors (Lipinski definition) is 0. The van der Waals surface area contributed by atoms with Crippen LogP contribution >= 0.6 is 0 Å². The lowest BCUT2D eigenvalue weighted by molar-refractivity contribution is -0.0498. The minimum absolute atomic E-state index is 0. The van der Waals surface area contributed by atoms with Crippen LogP contribution in [0.1, 0.15) is 64.4 Å². The highest BCUT2D eigenvalue weighted by atomic mass is 19.3. The summed E-state index contributed by atoms with van der Waals surface area (Å²) in [4.78, 5) is 0. The summed E-state index contributed by atoms with van der Waals surface area (Å²) in [5.41, 5.74) is 0.986. The van der Waals surface area contributed by atoms with Crippen molar-refractivity contribution in [2.45, 2.75) is 65.4 Å². The zero-order valence-electron chi connectivity index (χ0n) is 19.1. The third kappa shape index (κ3) is 6.36. The predicted molar refractivity (Wildman–Crippen MR) is 131 cm³/mol. The van der Waals surface area contributed by atoms with Crippen molar-refractivity contribution < 1.29 is 27.0 Å². The van der Waals surface area contributed by atoms with Crippen LogP contribution < -0.4 is 9.47 Å². The Morgan fingerprint density at radius 1 is 0.886 bits per heavy atom. The lowest BCUT2D eigenvalue weighted by atomic mass is 9.76. The Labute approximate surface area is 204 Å². The van der Waals surface area contributed by atoms with Crippen molar-refractivity contribution >= 4 is 0 Å². The van der Waals surface area contributed by atoms with Gasteiger partial charge in [0.05, 0.1) is 0 Å². The molecule has 1 aliphatic rings. The molecule has 1 aliphatic carbocycles. The maximum atomic E-state index is 16.0. The average molecular weight is 489 g/mol. The molecule has 0 aromatic heterocycles. The van der Waals surface area contributed by atoms with E-state index in [-0.39, 0.29) is 36.2 Å². The molecule has 0 saturated heterocycles. The maximum Gasteiger partial charge on any atom is 0.387 e. The third-order valence-electron chi connectivity index (χ3n) is 6.51. The van der Waals surface area contributed by atoms with E-state index in [4.69, 9.17) is 4.74 Å². The molecule has 0 atom stereocenters. The van der Waals surface area contributed by atoms with E-state index in [9.17, 15) is 8.78 Å². The summed E-state index contributed by atoms with van der Waals surface area (Å²) in [6.45, 7) is -0.787. The molecule has 0 aliphatic heterocycles. The van der Waals surface area contributed by atoms with Gasteiger partial charge in [-0.15, -0.1) is 0 Å². The average Bonchev–Trinajstić information content (AvgIpc) is 2.83. The van der Waals surface area contributed by atoms with Crippen molar-refractivity contribution in [3.63, 3.8) is 0 Å². The van der Waals surface area contributed by atoms with Crippen LogP contribution in [-0.2, 0) is 0 Å². The van der Waals surface area contributed by atoms with Gasteiger partial charge < -0.3 is 9.47 Å². The number of alkyl halides is 2. The fourth-order valence-corrected chi connectivity index (χ4v) is 4.88. The van der Waals surface area contributed by atoms with E-state index in [0.717, 1.165) is 38.5 Å². The van der Waals surface area contributed by atoms with Crippen molar-refractivity contribution in [1.29, 1.82) is 0 Å². The summed E-state index contributed by atoms with van der Waals surface area (Å²) in [6.07, 6.45) is 5.65. The number of benzene rings is 3. The summed E-state index contributed by atoms with van der Waals surface area (Å²) in [5.74, 6) is -0.728. The largest absolute Gasteiger partial charge is 0.454 e. The smallest absolute Gasteiger partial charge is 0.387 e. The van der Waals surface area contributed by atoms with Crippen LogP contribution in [0.2, 0.25) is 0 Å². The summed E-state index contributed by atoms with van der Waals surface area (Å²) in [7, 11) is 0. The van der Waals surface area contributed by atoms with Crippen LogP contribution in [0.3, 0.4) is 0 Å². The van der Waals surface area contributed by atoms with Gasteiger partial charge in [-0.05, 0) is 73.4 Å². The molecule has 1 fully saturated rings. The summed E-state index contributed by atoms with van der Waals surface area (Å²) in [5, 5.41) is 0. The van der Waals surface area contributed by atoms with Gasteiger partial charge >= 0.3 is 6.61 Å². The molecule has 1 saturated carbocycles. The zero-order valence-corrected chi connectivity index (χ0v) is 19.1. The highest BCUT2D eigenvalue weighted by Crippen LogP contribution is 2.45. The van der Waals surface area contributed by atoms with Crippen molar-refractivity contribution in [1.82, 2.24) is 0 Å². The van der Waals surface area contributed by atoms with Crippen LogP contribution in [0.4, 0.5) is 17.6 Å². The van der Waals surface area contributed by atoms with E-state index in [0.29, 0.717) is 17.0 Å². The standard InChI is InChI=1S/C28H28F4O2.CH4/c1-2-6-18-9-11-20(12-10-18)25-24(29)17-23(19-7-4-3-5-8-19)27(26(25)30)33-21-13-15-22(16-14-21)34-28(31)32;/h3-5,7-8,13-18,20,28H,2,6,9-12H2,1H3;1H4/t18-,20-;. The molecule has 0 spiro atoms. The molecule has 3 aromatic rings. The van der Waals surface area contributed by atoms with Crippen LogP contribution in [0, 0.1) is 17.6 Å². The molecule has 0 unspecified atom stereocenters. The van der Waals surface area contributed by atoms with Crippen LogP contribution in [0.15, 0.2) is 60.7 Å². The second-order valence-electron chi connectivity index (χ2n) is 8.79. The zero-order chi connectivity index (χ0) is 24.1. The minimum Gasteiger partial charge on any atom is -0.454 e. The molecule has 0 radical (unpaired) electrons. The molecule has 6 heteroatoms. The molecule has 4 rings (SSSR count). The molecule has 0 amide bonds. The van der Waals surface area contributed by atoms with Gasteiger partial charge in [-0.1, -0.05) is 57.5 Å². The Bertz CT molecular complexity index is 1080. The molecule has 3 aromatic carbocycles. The topological polar surface area (TPSA) is 18.5 Å². The molecule has 2 nitrogen and oxygen atoms in total. The number of rotatable bonds is 8. The first-order valence-corrected chi connectivity index (χ1v) is 11.8. The molecule has 0 N–H and O–H groups in total. The second kappa shape index (κ2) is 12.1. The Kier molecular flexibility index (Phi) is 9.19. The Balaban J connectivity index is 0.00000342. The lowest BCUT2D eigenvalue weighted by Gasteiger charge is -2.29. The lowest BCUT2D eigenvalue weighted by Crippen LogP contribution is -2.16. The molecule has 35 heavy (non-hydrogen) atoms. The quantitative estimate of drug-likeness (QED) is 0.294. The molecule has 188 valence electrons. The van der Waals surface area contributed by atoms with Gasteiger partial charge in [-0.25, -0.2) is 8.78 Å². The molecule has 0 bridgehead atoms. The Hall–Kier alpha value is -3.02. The molecular formula is C29H32F4O2. The SMILES string of the molecule is C.CCC[C@H]1CC[C@H](c2c(F)cc(-c3ccccc3)c(Oc3ccc(OC(F)F)cc3)c2F)CC1.